The van der Waals surface area contributed by atoms with Gasteiger partial charge in [0.25, 0.3) is 0 Å². The topological polar surface area (TPSA) is 82.1 Å². The maximum Gasteiger partial charge on any atom is 0.533 e. The van der Waals surface area contributed by atoms with Gasteiger partial charge in [-0.2, -0.15) is 0 Å². The van der Waals surface area contributed by atoms with Crippen LogP contribution in [-0.4, -0.2) is 29.6 Å². The zero-order valence-corrected chi connectivity index (χ0v) is 14.9. The lowest BCUT2D eigenvalue weighted by Crippen LogP contribution is -2.41. The van der Waals surface area contributed by atoms with E-state index in [2.05, 4.69) is 0 Å². The van der Waals surface area contributed by atoms with Crippen LogP contribution >= 0.6 is 0 Å². The van der Waals surface area contributed by atoms with Gasteiger partial charge in [-0.15, -0.1) is 5.06 Å². The highest BCUT2D eigenvalue weighted by Crippen LogP contribution is 2.11. The standard InChI is InChI=1S/C20H21NO6/c1-16(12-13-22)21(19(23)25-14-17-8-4-2-5-9-17)27-20(24)26-15-18-10-6-3-7-11-18/h2-11,13,16H,12,14-15H2,1H3. The maximum atomic E-state index is 12.3. The van der Waals surface area contributed by atoms with E-state index in [9.17, 15) is 14.4 Å². The highest BCUT2D eigenvalue weighted by Gasteiger charge is 2.27. The predicted octanol–water partition coefficient (Wildman–Crippen LogP) is 3.87. The number of hydroxylamine groups is 2. The number of hydrogen-bond donors (Lipinski definition) is 0. The number of hydrogen-bond acceptors (Lipinski definition) is 6. The molecule has 27 heavy (non-hydrogen) atoms. The van der Waals surface area contributed by atoms with Crippen LogP contribution in [-0.2, 0) is 32.3 Å². The Balaban J connectivity index is 1.92. The van der Waals surface area contributed by atoms with Gasteiger partial charge in [0.05, 0.1) is 6.04 Å². The van der Waals surface area contributed by atoms with Crippen LogP contribution in [0.3, 0.4) is 0 Å². The second-order valence-corrected chi connectivity index (χ2v) is 5.73. The molecule has 0 aliphatic carbocycles. The lowest BCUT2D eigenvalue weighted by Gasteiger charge is -2.24. The van der Waals surface area contributed by atoms with Crippen molar-refractivity contribution in [2.24, 2.45) is 0 Å². The number of ether oxygens (including phenoxy) is 2. The fraction of sp³-hybridized carbons (Fsp3) is 0.250. The van der Waals surface area contributed by atoms with Gasteiger partial charge in [-0.25, -0.2) is 9.59 Å². The molecule has 142 valence electrons. The van der Waals surface area contributed by atoms with Crippen LogP contribution in [0.5, 0.6) is 0 Å². The number of benzene rings is 2. The van der Waals surface area contributed by atoms with Crippen molar-refractivity contribution in [2.45, 2.75) is 32.6 Å². The van der Waals surface area contributed by atoms with Crippen LogP contribution < -0.4 is 0 Å². The molecule has 0 N–H and O–H groups in total. The van der Waals surface area contributed by atoms with Crippen molar-refractivity contribution < 1.29 is 28.7 Å². The first-order valence-corrected chi connectivity index (χ1v) is 8.42. The van der Waals surface area contributed by atoms with Crippen LogP contribution in [0.25, 0.3) is 0 Å². The van der Waals surface area contributed by atoms with E-state index in [1.165, 1.54) is 0 Å². The third-order valence-electron chi connectivity index (χ3n) is 3.60. The van der Waals surface area contributed by atoms with Gasteiger partial charge in [0.1, 0.15) is 19.5 Å². The fourth-order valence-electron chi connectivity index (χ4n) is 2.15. The SMILES string of the molecule is CC(CC=O)N(OC(=O)OCc1ccccc1)C(=O)OCc1ccccc1. The van der Waals surface area contributed by atoms with Crippen LogP contribution in [0.1, 0.15) is 24.5 Å². The van der Waals surface area contributed by atoms with Gasteiger partial charge in [0.2, 0.25) is 0 Å². The first-order chi connectivity index (χ1) is 13.1. The molecule has 0 aliphatic heterocycles. The van der Waals surface area contributed by atoms with Crippen LogP contribution in [0.2, 0.25) is 0 Å². The van der Waals surface area contributed by atoms with Crippen LogP contribution in [0.15, 0.2) is 60.7 Å². The molecule has 2 aromatic rings. The van der Waals surface area contributed by atoms with E-state index in [-0.39, 0.29) is 19.6 Å². The molecule has 7 nitrogen and oxygen atoms in total. The lowest BCUT2D eigenvalue weighted by molar-refractivity contribution is -0.138. The molecule has 0 bridgehead atoms. The molecule has 1 atom stereocenters. The zero-order valence-electron chi connectivity index (χ0n) is 14.9. The Morgan fingerprint density at radius 3 is 1.96 bits per heavy atom. The monoisotopic (exact) mass is 371 g/mol. The van der Waals surface area contributed by atoms with Crippen molar-refractivity contribution >= 4 is 18.5 Å². The molecule has 0 heterocycles. The Hall–Kier alpha value is -3.35. The quantitative estimate of drug-likeness (QED) is 0.417. The summed E-state index contributed by atoms with van der Waals surface area (Å²) >= 11 is 0. The normalized spacial score (nSPS) is 11.1. The van der Waals surface area contributed by atoms with E-state index >= 15 is 0 Å². The minimum absolute atomic E-state index is 0.00532. The average Bonchev–Trinajstić information content (AvgIpc) is 2.70. The first kappa shape index (κ1) is 20.0. The van der Waals surface area contributed by atoms with E-state index in [1.807, 2.05) is 36.4 Å². The number of carbonyl (C=O) groups excluding carboxylic acids is 3. The summed E-state index contributed by atoms with van der Waals surface area (Å²) in [7, 11) is 0. The van der Waals surface area contributed by atoms with Gasteiger partial charge in [-0.1, -0.05) is 60.7 Å². The smallest absolute Gasteiger partial charge is 0.442 e. The lowest BCUT2D eigenvalue weighted by atomic mass is 10.2. The molecule has 0 aromatic heterocycles. The third-order valence-corrected chi connectivity index (χ3v) is 3.60. The second kappa shape index (κ2) is 10.6. The van der Waals surface area contributed by atoms with E-state index in [4.69, 9.17) is 14.3 Å². The van der Waals surface area contributed by atoms with Gasteiger partial charge in [0, 0.05) is 6.42 Å². The minimum Gasteiger partial charge on any atom is -0.442 e. The van der Waals surface area contributed by atoms with Crippen molar-refractivity contribution in [3.63, 3.8) is 0 Å². The van der Waals surface area contributed by atoms with Crippen molar-refractivity contribution in [3.05, 3.63) is 71.8 Å². The second-order valence-electron chi connectivity index (χ2n) is 5.73. The molecule has 2 aromatic carbocycles. The number of carbonyl (C=O) groups is 3. The highest BCUT2D eigenvalue weighted by atomic mass is 16.8. The van der Waals surface area contributed by atoms with Gasteiger partial charge >= 0.3 is 12.2 Å². The Labute approximate surface area is 157 Å². The number of aldehydes is 1. The van der Waals surface area contributed by atoms with Gasteiger partial charge in [-0.05, 0) is 18.1 Å². The molecule has 0 saturated carbocycles. The molecule has 0 radical (unpaired) electrons. The Morgan fingerprint density at radius 1 is 0.926 bits per heavy atom. The minimum atomic E-state index is -1.06. The molecule has 0 fully saturated rings. The molecule has 1 unspecified atom stereocenters. The zero-order chi connectivity index (χ0) is 19.5. The van der Waals surface area contributed by atoms with Crippen LogP contribution in [0, 0.1) is 0 Å². The van der Waals surface area contributed by atoms with Gasteiger partial charge in [-0.3, -0.25) is 4.84 Å². The van der Waals surface area contributed by atoms with Gasteiger partial charge < -0.3 is 14.3 Å². The summed E-state index contributed by atoms with van der Waals surface area (Å²) in [5.74, 6) is 0. The summed E-state index contributed by atoms with van der Waals surface area (Å²) in [4.78, 5) is 40.0. The number of amides is 1. The average molecular weight is 371 g/mol. The van der Waals surface area contributed by atoms with Crippen LogP contribution in [0.4, 0.5) is 9.59 Å². The molecule has 0 spiro atoms. The molecular weight excluding hydrogens is 350 g/mol. The van der Waals surface area contributed by atoms with E-state index < -0.39 is 18.3 Å². The first-order valence-electron chi connectivity index (χ1n) is 8.42. The molecule has 0 aliphatic rings. The molecule has 1 amide bonds. The fourth-order valence-corrected chi connectivity index (χ4v) is 2.15. The summed E-state index contributed by atoms with van der Waals surface area (Å²) in [5, 5.41) is 0.713. The predicted molar refractivity (Wildman–Crippen MR) is 96.3 cm³/mol. The van der Waals surface area contributed by atoms with Gasteiger partial charge in [0.15, 0.2) is 0 Å². The van der Waals surface area contributed by atoms with E-state index in [0.29, 0.717) is 11.3 Å². The van der Waals surface area contributed by atoms with E-state index in [0.717, 1.165) is 11.1 Å². The molecule has 0 saturated heterocycles. The summed E-state index contributed by atoms with van der Waals surface area (Å²) in [5.41, 5.74) is 1.55. The Kier molecular flexibility index (Phi) is 7.84. The van der Waals surface area contributed by atoms with E-state index in [1.54, 1.807) is 31.2 Å². The Morgan fingerprint density at radius 2 is 1.44 bits per heavy atom. The summed E-state index contributed by atoms with van der Waals surface area (Å²) in [6, 6.07) is 17.4. The third kappa shape index (κ3) is 6.81. The maximum absolute atomic E-state index is 12.3. The largest absolute Gasteiger partial charge is 0.533 e. The summed E-state index contributed by atoms with van der Waals surface area (Å²) < 4.78 is 10.2. The summed E-state index contributed by atoms with van der Waals surface area (Å²) in [6.07, 6.45) is -1.34. The number of nitrogens with zero attached hydrogens (tertiary/aromatic N) is 1. The molecule has 2 rings (SSSR count). The van der Waals surface area contributed by atoms with Crippen molar-refractivity contribution in [3.8, 4) is 0 Å². The highest BCUT2D eigenvalue weighted by molar-refractivity contribution is 5.70. The number of rotatable bonds is 7. The molecular formula is C20H21NO6. The molecule has 7 heteroatoms. The van der Waals surface area contributed by atoms with Crippen molar-refractivity contribution in [2.75, 3.05) is 0 Å². The summed E-state index contributed by atoms with van der Waals surface area (Å²) in [6.45, 7) is 1.56. The van der Waals surface area contributed by atoms with Crippen molar-refractivity contribution in [1.82, 2.24) is 5.06 Å². The van der Waals surface area contributed by atoms with Crippen molar-refractivity contribution in [1.29, 1.82) is 0 Å². The Bertz CT molecular complexity index is 735.